The van der Waals surface area contributed by atoms with Crippen LogP contribution in [0.25, 0.3) is 0 Å². The second kappa shape index (κ2) is 9.81. The fraction of sp³-hybridized carbons (Fsp3) is 0.696. The standard InChI is InChI=1S/C23H34N2O4S2/c1-17-12-18(2)14-24(13-17)31(27,28)22-7-5-19(6-8-22)23(26)25(20-9-11-30-16-20)15-21-4-3-10-29-21/h5-8,17-18,20-21H,3-4,9-16H2,1-2H3. The Bertz CT molecular complexity index is 852. The van der Waals surface area contributed by atoms with Crippen molar-refractivity contribution >= 4 is 27.7 Å². The predicted octanol–water partition coefficient (Wildman–Crippen LogP) is 3.48. The number of carbonyl (C=O) groups is 1. The Hall–Kier alpha value is -1.09. The molecule has 3 aliphatic heterocycles. The van der Waals surface area contributed by atoms with Crippen molar-refractivity contribution in [2.75, 3.05) is 37.7 Å². The zero-order valence-corrected chi connectivity index (χ0v) is 20.2. The van der Waals surface area contributed by atoms with Crippen LogP contribution in [0.2, 0.25) is 0 Å². The van der Waals surface area contributed by atoms with Gasteiger partial charge in [0.25, 0.3) is 5.91 Å². The van der Waals surface area contributed by atoms with Gasteiger partial charge in [0.05, 0.1) is 11.0 Å². The molecule has 4 unspecified atom stereocenters. The van der Waals surface area contributed by atoms with Gasteiger partial charge in [-0.2, -0.15) is 16.1 Å². The first-order valence-electron chi connectivity index (χ1n) is 11.4. The van der Waals surface area contributed by atoms with Gasteiger partial charge in [-0.05, 0) is 67.5 Å². The van der Waals surface area contributed by atoms with E-state index in [0.717, 1.165) is 43.8 Å². The molecular weight excluding hydrogens is 432 g/mol. The molecule has 0 bridgehead atoms. The molecule has 31 heavy (non-hydrogen) atoms. The minimum atomic E-state index is -3.54. The van der Waals surface area contributed by atoms with Gasteiger partial charge in [-0.15, -0.1) is 0 Å². The first-order valence-corrected chi connectivity index (χ1v) is 14.0. The summed E-state index contributed by atoms with van der Waals surface area (Å²) in [5.74, 6) is 2.72. The topological polar surface area (TPSA) is 66.9 Å². The molecule has 172 valence electrons. The van der Waals surface area contributed by atoms with Gasteiger partial charge in [0.1, 0.15) is 0 Å². The molecule has 0 aromatic heterocycles. The molecule has 0 N–H and O–H groups in total. The van der Waals surface area contributed by atoms with Crippen LogP contribution in [0.3, 0.4) is 0 Å². The molecule has 3 saturated heterocycles. The van der Waals surface area contributed by atoms with E-state index in [1.54, 1.807) is 28.6 Å². The quantitative estimate of drug-likeness (QED) is 0.642. The summed E-state index contributed by atoms with van der Waals surface area (Å²) in [7, 11) is -3.54. The van der Waals surface area contributed by atoms with E-state index in [9.17, 15) is 13.2 Å². The van der Waals surface area contributed by atoms with E-state index in [1.165, 1.54) is 0 Å². The Morgan fingerprint density at radius 2 is 1.87 bits per heavy atom. The molecule has 3 aliphatic rings. The fourth-order valence-electron chi connectivity index (χ4n) is 5.06. The third-order valence-corrected chi connectivity index (χ3v) is 9.60. The van der Waals surface area contributed by atoms with Crippen LogP contribution < -0.4 is 0 Å². The zero-order valence-electron chi connectivity index (χ0n) is 18.5. The molecule has 3 heterocycles. The zero-order chi connectivity index (χ0) is 22.0. The van der Waals surface area contributed by atoms with Crippen LogP contribution >= 0.6 is 11.8 Å². The molecule has 1 aromatic rings. The van der Waals surface area contributed by atoms with Crippen molar-refractivity contribution in [2.24, 2.45) is 11.8 Å². The van der Waals surface area contributed by atoms with Crippen LogP contribution in [0.1, 0.15) is 49.9 Å². The van der Waals surface area contributed by atoms with Crippen LogP contribution in [0, 0.1) is 11.8 Å². The van der Waals surface area contributed by atoms with E-state index in [4.69, 9.17) is 4.74 Å². The molecule has 0 aliphatic carbocycles. The molecule has 1 aromatic carbocycles. The smallest absolute Gasteiger partial charge is 0.254 e. The lowest BCUT2D eigenvalue weighted by Gasteiger charge is -2.34. The van der Waals surface area contributed by atoms with E-state index >= 15 is 0 Å². The minimum absolute atomic E-state index is 0.0211. The largest absolute Gasteiger partial charge is 0.376 e. The average Bonchev–Trinajstić information content (AvgIpc) is 3.45. The molecule has 1 amide bonds. The number of hydrogen-bond acceptors (Lipinski definition) is 5. The number of benzene rings is 1. The highest BCUT2D eigenvalue weighted by Crippen LogP contribution is 2.28. The van der Waals surface area contributed by atoms with Gasteiger partial charge >= 0.3 is 0 Å². The molecule has 4 rings (SSSR count). The molecule has 6 nitrogen and oxygen atoms in total. The van der Waals surface area contributed by atoms with Crippen LogP contribution in [-0.4, -0.2) is 73.4 Å². The third-order valence-electron chi connectivity index (χ3n) is 6.61. The van der Waals surface area contributed by atoms with E-state index in [1.807, 2.05) is 16.7 Å². The fourth-order valence-corrected chi connectivity index (χ4v) is 7.96. The van der Waals surface area contributed by atoms with Crippen LogP contribution in [0.15, 0.2) is 29.2 Å². The summed E-state index contributed by atoms with van der Waals surface area (Å²) in [4.78, 5) is 15.6. The molecule has 4 atom stereocenters. The first kappa shape index (κ1) is 23.1. The van der Waals surface area contributed by atoms with Gasteiger partial charge in [0.15, 0.2) is 0 Å². The third kappa shape index (κ3) is 5.29. The Morgan fingerprint density at radius 3 is 2.45 bits per heavy atom. The molecule has 0 spiro atoms. The van der Waals surface area contributed by atoms with E-state index in [2.05, 4.69) is 13.8 Å². The number of sulfonamides is 1. The van der Waals surface area contributed by atoms with Crippen molar-refractivity contribution in [1.82, 2.24) is 9.21 Å². The molecule has 0 saturated carbocycles. The van der Waals surface area contributed by atoms with Gasteiger partial charge in [-0.3, -0.25) is 4.79 Å². The number of thioether (sulfide) groups is 1. The number of rotatable bonds is 6. The number of hydrogen-bond donors (Lipinski definition) is 0. The lowest BCUT2D eigenvalue weighted by atomic mass is 9.94. The maximum atomic E-state index is 13.4. The molecule has 8 heteroatoms. The number of piperidine rings is 1. The summed E-state index contributed by atoms with van der Waals surface area (Å²) in [5.41, 5.74) is 0.550. The highest BCUT2D eigenvalue weighted by molar-refractivity contribution is 7.99. The molecule has 3 fully saturated rings. The minimum Gasteiger partial charge on any atom is -0.376 e. The number of nitrogens with zero attached hydrogens (tertiary/aromatic N) is 2. The van der Waals surface area contributed by atoms with Crippen molar-refractivity contribution < 1.29 is 17.9 Å². The van der Waals surface area contributed by atoms with Gasteiger partial charge in [-0.1, -0.05) is 13.8 Å². The van der Waals surface area contributed by atoms with Gasteiger partial charge in [0.2, 0.25) is 10.0 Å². The number of amides is 1. The summed E-state index contributed by atoms with van der Waals surface area (Å²) in [6.07, 6.45) is 4.21. The predicted molar refractivity (Wildman–Crippen MR) is 124 cm³/mol. The van der Waals surface area contributed by atoms with Gasteiger partial charge in [-0.25, -0.2) is 8.42 Å². The average molecular weight is 467 g/mol. The second-order valence-electron chi connectivity index (χ2n) is 9.40. The second-order valence-corrected chi connectivity index (χ2v) is 12.5. The Kier molecular flexibility index (Phi) is 7.30. The Morgan fingerprint density at radius 1 is 1.16 bits per heavy atom. The van der Waals surface area contributed by atoms with E-state index in [0.29, 0.717) is 37.0 Å². The number of carbonyl (C=O) groups excluding carboxylic acids is 1. The number of ether oxygens (including phenoxy) is 1. The van der Waals surface area contributed by atoms with Crippen LogP contribution in [0.4, 0.5) is 0 Å². The van der Waals surface area contributed by atoms with Crippen molar-refractivity contribution in [1.29, 1.82) is 0 Å². The summed E-state index contributed by atoms with van der Waals surface area (Å²) >= 11 is 1.88. The maximum absolute atomic E-state index is 13.4. The summed E-state index contributed by atoms with van der Waals surface area (Å²) in [5, 5.41) is 0. The highest BCUT2D eigenvalue weighted by Gasteiger charge is 2.33. The summed E-state index contributed by atoms with van der Waals surface area (Å²) < 4.78 is 33.7. The lowest BCUT2D eigenvalue weighted by molar-refractivity contribution is 0.0441. The lowest BCUT2D eigenvalue weighted by Crippen LogP contribution is -2.44. The van der Waals surface area contributed by atoms with Gasteiger partial charge < -0.3 is 9.64 Å². The summed E-state index contributed by atoms with van der Waals surface area (Å²) in [6, 6.07) is 6.77. The van der Waals surface area contributed by atoms with Crippen molar-refractivity contribution in [3.8, 4) is 0 Å². The van der Waals surface area contributed by atoms with E-state index < -0.39 is 10.0 Å². The molecular formula is C23H34N2O4S2. The Labute approximate surface area is 190 Å². The van der Waals surface area contributed by atoms with Crippen LogP contribution in [-0.2, 0) is 14.8 Å². The van der Waals surface area contributed by atoms with Crippen molar-refractivity contribution in [2.45, 2.75) is 56.6 Å². The van der Waals surface area contributed by atoms with Gasteiger partial charge in [0, 0.05) is 43.6 Å². The molecule has 0 radical (unpaired) electrons. The van der Waals surface area contributed by atoms with Crippen molar-refractivity contribution in [3.05, 3.63) is 29.8 Å². The highest BCUT2D eigenvalue weighted by atomic mass is 32.2. The monoisotopic (exact) mass is 466 g/mol. The Balaban J connectivity index is 1.50. The van der Waals surface area contributed by atoms with Crippen LogP contribution in [0.5, 0.6) is 0 Å². The maximum Gasteiger partial charge on any atom is 0.254 e. The van der Waals surface area contributed by atoms with Crippen molar-refractivity contribution in [3.63, 3.8) is 0 Å². The SMILES string of the molecule is CC1CC(C)CN(S(=O)(=O)c2ccc(C(=O)N(CC3CCCO3)C3CCSC3)cc2)C1. The first-order chi connectivity index (χ1) is 14.8. The summed E-state index contributed by atoms with van der Waals surface area (Å²) in [6.45, 7) is 6.71. The van der Waals surface area contributed by atoms with E-state index in [-0.39, 0.29) is 22.9 Å². The normalized spacial score (nSPS) is 29.9.